The SMILES string of the molecule is Nc1ccc(CNC(=O)C(Cc2cccc(C(F)(F)F)c2)NC(=O)CCc2ccccc2)cn1. The lowest BCUT2D eigenvalue weighted by atomic mass is 10.0. The normalized spacial score (nSPS) is 12.1. The Hall–Kier alpha value is -3.88. The van der Waals surface area contributed by atoms with E-state index < -0.39 is 23.7 Å². The van der Waals surface area contributed by atoms with Crippen LogP contribution in [0.4, 0.5) is 19.0 Å². The van der Waals surface area contributed by atoms with Crippen molar-refractivity contribution in [3.05, 3.63) is 95.2 Å². The van der Waals surface area contributed by atoms with Gasteiger partial charge < -0.3 is 16.4 Å². The molecule has 3 aromatic rings. The number of amides is 2. The lowest BCUT2D eigenvalue weighted by Gasteiger charge is -2.19. The third-order valence-corrected chi connectivity index (χ3v) is 5.14. The maximum atomic E-state index is 13.1. The lowest BCUT2D eigenvalue weighted by molar-refractivity contribution is -0.137. The summed E-state index contributed by atoms with van der Waals surface area (Å²) < 4.78 is 39.3. The van der Waals surface area contributed by atoms with Crippen LogP contribution in [-0.4, -0.2) is 22.8 Å². The van der Waals surface area contributed by atoms with E-state index in [1.54, 1.807) is 12.1 Å². The molecule has 0 saturated heterocycles. The second-order valence-corrected chi connectivity index (χ2v) is 7.82. The first-order valence-corrected chi connectivity index (χ1v) is 10.7. The molecule has 2 amide bonds. The molecule has 0 aliphatic rings. The number of alkyl halides is 3. The highest BCUT2D eigenvalue weighted by molar-refractivity contribution is 5.88. The molecule has 2 aromatic carbocycles. The Morgan fingerprint density at radius 3 is 2.35 bits per heavy atom. The van der Waals surface area contributed by atoms with Crippen LogP contribution in [0.1, 0.15) is 28.7 Å². The summed E-state index contributed by atoms with van der Waals surface area (Å²) in [6, 6.07) is 16.3. The highest BCUT2D eigenvalue weighted by atomic mass is 19.4. The highest BCUT2D eigenvalue weighted by Gasteiger charge is 2.31. The zero-order valence-electron chi connectivity index (χ0n) is 18.3. The van der Waals surface area contributed by atoms with Gasteiger partial charge in [0, 0.05) is 25.6 Å². The minimum absolute atomic E-state index is 0.0905. The van der Waals surface area contributed by atoms with Crippen LogP contribution in [0.25, 0.3) is 0 Å². The van der Waals surface area contributed by atoms with Crippen molar-refractivity contribution in [2.24, 2.45) is 0 Å². The summed E-state index contributed by atoms with van der Waals surface area (Å²) >= 11 is 0. The third kappa shape index (κ3) is 7.61. The maximum Gasteiger partial charge on any atom is 0.416 e. The van der Waals surface area contributed by atoms with E-state index in [9.17, 15) is 22.8 Å². The Bertz CT molecular complexity index is 1100. The van der Waals surface area contributed by atoms with E-state index in [2.05, 4.69) is 15.6 Å². The van der Waals surface area contributed by atoms with E-state index in [4.69, 9.17) is 5.73 Å². The number of aryl methyl sites for hydroxylation is 1. The van der Waals surface area contributed by atoms with Gasteiger partial charge in [-0.05, 0) is 35.2 Å². The summed E-state index contributed by atoms with van der Waals surface area (Å²) in [5.74, 6) is -0.546. The number of carbonyl (C=O) groups is 2. The Morgan fingerprint density at radius 1 is 0.941 bits per heavy atom. The number of anilines is 1. The number of benzene rings is 2. The molecule has 1 aromatic heterocycles. The zero-order valence-corrected chi connectivity index (χ0v) is 18.3. The van der Waals surface area contributed by atoms with Crippen molar-refractivity contribution < 1.29 is 22.8 Å². The van der Waals surface area contributed by atoms with Gasteiger partial charge in [-0.3, -0.25) is 9.59 Å². The van der Waals surface area contributed by atoms with Crippen LogP contribution in [0.3, 0.4) is 0 Å². The summed E-state index contributed by atoms with van der Waals surface area (Å²) in [6.07, 6.45) is -2.47. The quantitative estimate of drug-likeness (QED) is 0.445. The number of carbonyl (C=O) groups excluding carboxylic acids is 2. The van der Waals surface area contributed by atoms with Crippen LogP contribution in [0.5, 0.6) is 0 Å². The van der Waals surface area contributed by atoms with Crippen molar-refractivity contribution in [1.82, 2.24) is 15.6 Å². The molecule has 9 heteroatoms. The van der Waals surface area contributed by atoms with Gasteiger partial charge in [0.2, 0.25) is 11.8 Å². The fraction of sp³-hybridized carbons (Fsp3) is 0.240. The van der Waals surface area contributed by atoms with E-state index in [1.807, 2.05) is 30.3 Å². The predicted octanol–water partition coefficient (Wildman–Crippen LogP) is 3.66. The molecule has 0 bridgehead atoms. The first kappa shape index (κ1) is 24.8. The summed E-state index contributed by atoms with van der Waals surface area (Å²) in [5, 5.41) is 5.38. The number of hydrogen-bond donors (Lipinski definition) is 3. The van der Waals surface area contributed by atoms with Crippen LogP contribution in [0.15, 0.2) is 72.9 Å². The van der Waals surface area contributed by atoms with Gasteiger partial charge in [0.1, 0.15) is 11.9 Å². The molecule has 0 fully saturated rings. The Kier molecular flexibility index (Phi) is 8.24. The topological polar surface area (TPSA) is 97.1 Å². The molecule has 1 unspecified atom stereocenters. The number of nitrogens with two attached hydrogens (primary N) is 1. The van der Waals surface area contributed by atoms with Gasteiger partial charge in [0.15, 0.2) is 0 Å². The summed E-state index contributed by atoms with van der Waals surface area (Å²) in [4.78, 5) is 29.4. The van der Waals surface area contributed by atoms with Crippen LogP contribution in [-0.2, 0) is 35.2 Å². The Morgan fingerprint density at radius 2 is 1.68 bits per heavy atom. The number of pyridine rings is 1. The van der Waals surface area contributed by atoms with Crippen LogP contribution >= 0.6 is 0 Å². The number of rotatable bonds is 9. The molecule has 0 spiro atoms. The molecular formula is C25H25F3N4O2. The molecular weight excluding hydrogens is 445 g/mol. The molecule has 34 heavy (non-hydrogen) atoms. The van der Waals surface area contributed by atoms with Crippen LogP contribution in [0, 0.1) is 0 Å². The Balaban J connectivity index is 1.69. The first-order valence-electron chi connectivity index (χ1n) is 10.7. The molecule has 0 aliphatic heterocycles. The van der Waals surface area contributed by atoms with Crippen molar-refractivity contribution in [3.63, 3.8) is 0 Å². The van der Waals surface area contributed by atoms with Gasteiger partial charge in [-0.15, -0.1) is 0 Å². The van der Waals surface area contributed by atoms with Gasteiger partial charge in [0.25, 0.3) is 0 Å². The van der Waals surface area contributed by atoms with E-state index in [0.29, 0.717) is 17.8 Å². The molecule has 0 aliphatic carbocycles. The van der Waals surface area contributed by atoms with E-state index in [0.717, 1.165) is 17.7 Å². The number of nitrogens with zero attached hydrogens (tertiary/aromatic N) is 1. The standard InChI is InChI=1S/C25H25F3N4O2/c26-25(27,28)20-8-4-7-18(13-20)14-21(24(34)31-16-19-9-11-22(29)30-15-19)32-23(33)12-10-17-5-2-1-3-6-17/h1-9,11,13,15,21H,10,12,14,16H2,(H2,29,30)(H,31,34)(H,32,33). The average molecular weight is 470 g/mol. The lowest BCUT2D eigenvalue weighted by Crippen LogP contribution is -2.48. The van der Waals surface area contributed by atoms with E-state index >= 15 is 0 Å². The van der Waals surface area contributed by atoms with Crippen LogP contribution in [0.2, 0.25) is 0 Å². The highest BCUT2D eigenvalue weighted by Crippen LogP contribution is 2.29. The van der Waals surface area contributed by atoms with Crippen LogP contribution < -0.4 is 16.4 Å². The van der Waals surface area contributed by atoms with E-state index in [1.165, 1.54) is 18.3 Å². The molecule has 1 atom stereocenters. The largest absolute Gasteiger partial charge is 0.416 e. The van der Waals surface area contributed by atoms with Gasteiger partial charge in [-0.1, -0.05) is 54.6 Å². The fourth-order valence-electron chi connectivity index (χ4n) is 3.34. The summed E-state index contributed by atoms with van der Waals surface area (Å²) in [7, 11) is 0. The number of nitrogens with one attached hydrogen (secondary N) is 2. The number of aromatic nitrogens is 1. The third-order valence-electron chi connectivity index (χ3n) is 5.14. The predicted molar refractivity (Wildman–Crippen MR) is 122 cm³/mol. The summed E-state index contributed by atoms with van der Waals surface area (Å²) in [6.45, 7) is 0.130. The molecule has 6 nitrogen and oxygen atoms in total. The average Bonchev–Trinajstić information content (AvgIpc) is 2.82. The fourth-order valence-corrected chi connectivity index (χ4v) is 3.34. The number of nitrogen functional groups attached to an aromatic ring is 1. The maximum absolute atomic E-state index is 13.1. The minimum atomic E-state index is -4.51. The first-order chi connectivity index (χ1) is 16.2. The minimum Gasteiger partial charge on any atom is -0.384 e. The Labute approximate surface area is 195 Å². The van der Waals surface area contributed by atoms with Gasteiger partial charge >= 0.3 is 6.18 Å². The van der Waals surface area contributed by atoms with Crippen molar-refractivity contribution in [2.45, 2.75) is 38.0 Å². The second kappa shape index (κ2) is 11.3. The summed E-state index contributed by atoms with van der Waals surface area (Å²) in [5.41, 5.74) is 6.69. The van der Waals surface area contributed by atoms with Gasteiger partial charge in [-0.2, -0.15) is 13.2 Å². The van der Waals surface area contributed by atoms with Crippen molar-refractivity contribution in [2.75, 3.05) is 5.73 Å². The molecule has 0 saturated carbocycles. The smallest absolute Gasteiger partial charge is 0.384 e. The van der Waals surface area contributed by atoms with E-state index in [-0.39, 0.29) is 30.9 Å². The zero-order chi connectivity index (χ0) is 24.6. The number of halogens is 3. The van der Waals surface area contributed by atoms with Gasteiger partial charge in [0.05, 0.1) is 5.56 Å². The number of hydrogen-bond acceptors (Lipinski definition) is 4. The monoisotopic (exact) mass is 470 g/mol. The molecule has 4 N–H and O–H groups in total. The van der Waals surface area contributed by atoms with Gasteiger partial charge in [-0.25, -0.2) is 4.98 Å². The van der Waals surface area contributed by atoms with Crippen molar-refractivity contribution in [3.8, 4) is 0 Å². The van der Waals surface area contributed by atoms with Crippen molar-refractivity contribution >= 4 is 17.6 Å². The second-order valence-electron chi connectivity index (χ2n) is 7.82. The molecule has 1 heterocycles. The molecule has 0 radical (unpaired) electrons. The molecule has 178 valence electrons. The van der Waals surface area contributed by atoms with Crippen molar-refractivity contribution in [1.29, 1.82) is 0 Å². The molecule has 3 rings (SSSR count).